The summed E-state index contributed by atoms with van der Waals surface area (Å²) < 4.78 is 26.2. The zero-order valence-corrected chi connectivity index (χ0v) is 8.23. The van der Waals surface area contributed by atoms with E-state index in [4.69, 9.17) is 0 Å². The average Bonchev–Trinajstić information content (AvgIpc) is 2.09. The molecule has 1 rings (SSSR count). The van der Waals surface area contributed by atoms with Gasteiger partial charge in [0.05, 0.1) is 0 Å². The van der Waals surface area contributed by atoms with Crippen LogP contribution in [0.3, 0.4) is 0 Å². The Kier molecular flexibility index (Phi) is 3.33. The second-order valence-corrected chi connectivity index (χ2v) is 3.39. The third kappa shape index (κ3) is 2.62. The number of carbonyl (C=O) groups is 1. The summed E-state index contributed by atoms with van der Waals surface area (Å²) in [5.74, 6) is -0.888. The lowest BCUT2D eigenvalue weighted by molar-refractivity contribution is -0.116. The molecule has 0 aliphatic heterocycles. The number of rotatable bonds is 3. The minimum atomic E-state index is -0.440. The Morgan fingerprint density at radius 2 is 1.93 bits per heavy atom. The third-order valence-electron chi connectivity index (χ3n) is 2.07. The minimum Gasteiger partial charge on any atom is -0.300 e. The van der Waals surface area contributed by atoms with Gasteiger partial charge in [-0.05, 0) is 43.5 Å². The van der Waals surface area contributed by atoms with E-state index in [1.807, 2.05) is 0 Å². The Morgan fingerprint density at radius 3 is 2.50 bits per heavy atom. The average molecular weight is 198 g/mol. The molecule has 14 heavy (non-hydrogen) atoms. The first-order valence-electron chi connectivity index (χ1n) is 4.44. The first-order chi connectivity index (χ1) is 6.50. The first-order valence-corrected chi connectivity index (χ1v) is 4.44. The van der Waals surface area contributed by atoms with Gasteiger partial charge >= 0.3 is 0 Å². The van der Waals surface area contributed by atoms with Crippen LogP contribution in [0.2, 0.25) is 0 Å². The lowest BCUT2D eigenvalue weighted by atomic mass is 10.1. The molecule has 0 saturated carbocycles. The molecule has 0 aliphatic carbocycles. The van der Waals surface area contributed by atoms with Crippen LogP contribution in [0.5, 0.6) is 0 Å². The van der Waals surface area contributed by atoms with Gasteiger partial charge in [0.2, 0.25) is 0 Å². The first kappa shape index (κ1) is 10.8. The fourth-order valence-corrected chi connectivity index (χ4v) is 1.19. The molecule has 0 spiro atoms. The van der Waals surface area contributed by atoms with Crippen LogP contribution < -0.4 is 0 Å². The van der Waals surface area contributed by atoms with E-state index in [0.717, 1.165) is 12.1 Å². The molecule has 0 N–H and O–H groups in total. The van der Waals surface area contributed by atoms with Crippen molar-refractivity contribution in [1.29, 1.82) is 0 Å². The maximum Gasteiger partial charge on any atom is 0.130 e. The van der Waals surface area contributed by atoms with Crippen LogP contribution in [0, 0.1) is 18.6 Å². The highest BCUT2D eigenvalue weighted by Gasteiger charge is 2.07. The topological polar surface area (TPSA) is 17.1 Å². The lowest BCUT2D eigenvalue weighted by Gasteiger charge is -2.03. The normalized spacial score (nSPS) is 10.3. The molecule has 0 bridgehead atoms. The van der Waals surface area contributed by atoms with Gasteiger partial charge in [-0.25, -0.2) is 8.78 Å². The van der Waals surface area contributed by atoms with Crippen LogP contribution in [-0.4, -0.2) is 5.78 Å². The number of aryl methyl sites for hydroxylation is 2. The van der Waals surface area contributed by atoms with Gasteiger partial charge in [0.1, 0.15) is 17.4 Å². The second kappa shape index (κ2) is 4.31. The monoisotopic (exact) mass is 198 g/mol. The van der Waals surface area contributed by atoms with Crippen LogP contribution in [0.15, 0.2) is 12.1 Å². The molecular formula is C11H12F2O. The molecule has 1 aromatic rings. The Labute approximate surface area is 81.7 Å². The van der Waals surface area contributed by atoms with Crippen molar-refractivity contribution in [2.24, 2.45) is 0 Å². The molecule has 0 atom stereocenters. The van der Waals surface area contributed by atoms with Crippen LogP contribution in [0.4, 0.5) is 8.78 Å². The van der Waals surface area contributed by atoms with E-state index in [2.05, 4.69) is 0 Å². The van der Waals surface area contributed by atoms with Gasteiger partial charge in [0, 0.05) is 6.42 Å². The lowest BCUT2D eigenvalue weighted by Crippen LogP contribution is -1.98. The summed E-state index contributed by atoms with van der Waals surface area (Å²) in [4.78, 5) is 10.7. The minimum absolute atomic E-state index is 0.0228. The van der Waals surface area contributed by atoms with Gasteiger partial charge in [-0.2, -0.15) is 0 Å². The smallest absolute Gasteiger partial charge is 0.130 e. The SMILES string of the molecule is CC(=O)CCc1cc(F)c(C)cc1F. The maximum atomic E-state index is 13.2. The van der Waals surface area contributed by atoms with Gasteiger partial charge < -0.3 is 4.79 Å². The maximum absolute atomic E-state index is 13.2. The van der Waals surface area contributed by atoms with Gasteiger partial charge in [0.25, 0.3) is 0 Å². The van der Waals surface area contributed by atoms with Gasteiger partial charge in [-0.15, -0.1) is 0 Å². The highest BCUT2D eigenvalue weighted by Crippen LogP contribution is 2.15. The highest BCUT2D eigenvalue weighted by atomic mass is 19.1. The van der Waals surface area contributed by atoms with Crippen molar-refractivity contribution >= 4 is 5.78 Å². The van der Waals surface area contributed by atoms with E-state index in [0.29, 0.717) is 0 Å². The standard InChI is InChI=1S/C11H12F2O/c1-7-5-11(13)9(6-10(7)12)4-3-8(2)14/h5-6H,3-4H2,1-2H3. The van der Waals surface area contributed by atoms with Crippen molar-refractivity contribution in [2.75, 3.05) is 0 Å². The van der Waals surface area contributed by atoms with Crippen LogP contribution in [0.25, 0.3) is 0 Å². The molecule has 0 radical (unpaired) electrons. The van der Waals surface area contributed by atoms with Crippen molar-refractivity contribution in [2.45, 2.75) is 26.7 Å². The number of benzene rings is 1. The number of hydrogen-bond donors (Lipinski definition) is 0. The molecule has 0 saturated heterocycles. The van der Waals surface area contributed by atoms with Crippen molar-refractivity contribution in [3.63, 3.8) is 0 Å². The quantitative estimate of drug-likeness (QED) is 0.729. The number of carbonyl (C=O) groups excluding carboxylic acids is 1. The molecule has 0 aliphatic rings. The summed E-state index contributed by atoms with van der Waals surface area (Å²) in [6, 6.07) is 2.32. The molecule has 76 valence electrons. The van der Waals surface area contributed by atoms with Gasteiger partial charge in [-0.3, -0.25) is 0 Å². The third-order valence-corrected chi connectivity index (χ3v) is 2.07. The van der Waals surface area contributed by atoms with Crippen molar-refractivity contribution in [1.82, 2.24) is 0 Å². The summed E-state index contributed by atoms with van der Waals surface area (Å²) in [7, 11) is 0. The van der Waals surface area contributed by atoms with E-state index in [-0.39, 0.29) is 29.8 Å². The number of hydrogen-bond acceptors (Lipinski definition) is 1. The Bertz CT molecular complexity index is 359. The molecule has 1 nitrogen and oxygen atoms in total. The van der Waals surface area contributed by atoms with E-state index < -0.39 is 11.6 Å². The summed E-state index contributed by atoms with van der Waals surface area (Å²) in [5.41, 5.74) is 0.553. The summed E-state index contributed by atoms with van der Waals surface area (Å²) in [5, 5.41) is 0. The molecule has 0 heterocycles. The van der Waals surface area contributed by atoms with E-state index in [9.17, 15) is 13.6 Å². The fourth-order valence-electron chi connectivity index (χ4n) is 1.19. The van der Waals surface area contributed by atoms with Crippen LogP contribution in [0.1, 0.15) is 24.5 Å². The predicted octanol–water partition coefficient (Wildman–Crippen LogP) is 2.79. The largest absolute Gasteiger partial charge is 0.300 e. The van der Waals surface area contributed by atoms with Gasteiger partial charge in [-0.1, -0.05) is 0 Å². The molecule has 0 amide bonds. The molecule has 1 aromatic carbocycles. The molecule has 0 fully saturated rings. The van der Waals surface area contributed by atoms with E-state index in [1.54, 1.807) is 0 Å². The summed E-state index contributed by atoms with van der Waals surface area (Å²) in [6.07, 6.45) is 0.512. The highest BCUT2D eigenvalue weighted by molar-refractivity contribution is 5.75. The number of Topliss-reactive ketones (excluding diaryl/α,β-unsaturated/α-hetero) is 1. The van der Waals surface area contributed by atoms with Crippen molar-refractivity contribution in [3.8, 4) is 0 Å². The Balaban J connectivity index is 2.87. The second-order valence-electron chi connectivity index (χ2n) is 3.39. The molecule has 0 unspecified atom stereocenters. The summed E-state index contributed by atoms with van der Waals surface area (Å²) in [6.45, 7) is 2.94. The molecule has 3 heteroatoms. The summed E-state index contributed by atoms with van der Waals surface area (Å²) >= 11 is 0. The Morgan fingerprint density at radius 1 is 1.29 bits per heavy atom. The number of ketones is 1. The predicted molar refractivity (Wildman–Crippen MR) is 50.1 cm³/mol. The zero-order chi connectivity index (χ0) is 10.7. The number of halogens is 2. The molecular weight excluding hydrogens is 186 g/mol. The molecule has 0 aromatic heterocycles. The van der Waals surface area contributed by atoms with E-state index in [1.165, 1.54) is 13.8 Å². The Hall–Kier alpha value is -1.25. The van der Waals surface area contributed by atoms with Crippen molar-refractivity contribution < 1.29 is 13.6 Å². The van der Waals surface area contributed by atoms with E-state index >= 15 is 0 Å². The zero-order valence-electron chi connectivity index (χ0n) is 8.23. The van der Waals surface area contributed by atoms with Crippen molar-refractivity contribution in [3.05, 3.63) is 34.9 Å². The van der Waals surface area contributed by atoms with Gasteiger partial charge in [0.15, 0.2) is 0 Å². The fraction of sp³-hybridized carbons (Fsp3) is 0.364. The van der Waals surface area contributed by atoms with Crippen LogP contribution >= 0.6 is 0 Å². The van der Waals surface area contributed by atoms with Crippen LogP contribution in [-0.2, 0) is 11.2 Å².